The number of hydrogen-bond donors (Lipinski definition) is 2. The molecule has 1 aromatic carbocycles. The van der Waals surface area contributed by atoms with Gasteiger partial charge in [-0.15, -0.1) is 0 Å². The molecule has 7 heteroatoms. The minimum atomic E-state index is -0.683. The number of rotatable bonds is 3. The largest absolute Gasteiger partial charge is 0.486 e. The highest BCUT2D eigenvalue weighted by Crippen LogP contribution is 2.38. The number of carbonyl (C=O) groups excluding carboxylic acids is 2. The van der Waals surface area contributed by atoms with E-state index in [9.17, 15) is 9.59 Å². The molecule has 0 aliphatic carbocycles. The summed E-state index contributed by atoms with van der Waals surface area (Å²) in [7, 11) is 0. The van der Waals surface area contributed by atoms with E-state index in [1.54, 1.807) is 19.1 Å². The Bertz CT molecular complexity index is 533. The fourth-order valence-electron chi connectivity index (χ4n) is 1.77. The lowest BCUT2D eigenvalue weighted by Crippen LogP contribution is -2.39. The first-order valence-electron chi connectivity index (χ1n) is 6.26. The van der Waals surface area contributed by atoms with E-state index >= 15 is 0 Å². The average molecular weight is 299 g/mol. The van der Waals surface area contributed by atoms with E-state index in [1.165, 1.54) is 0 Å². The second kappa shape index (κ2) is 6.47. The Morgan fingerprint density at radius 3 is 2.65 bits per heavy atom. The van der Waals surface area contributed by atoms with Crippen molar-refractivity contribution in [1.29, 1.82) is 0 Å². The maximum Gasteiger partial charge on any atom is 0.309 e. The minimum absolute atomic E-state index is 0.187. The van der Waals surface area contributed by atoms with Crippen LogP contribution in [-0.4, -0.2) is 31.6 Å². The van der Waals surface area contributed by atoms with E-state index in [1.807, 2.05) is 0 Å². The van der Waals surface area contributed by atoms with Gasteiger partial charge in [0.2, 0.25) is 0 Å². The van der Waals surface area contributed by atoms with Gasteiger partial charge in [0.25, 0.3) is 0 Å². The Kier molecular flexibility index (Phi) is 4.68. The summed E-state index contributed by atoms with van der Waals surface area (Å²) < 4.78 is 10.8. The molecule has 0 saturated carbocycles. The average Bonchev–Trinajstić information content (AvgIpc) is 2.45. The first-order chi connectivity index (χ1) is 9.61. The molecule has 2 rings (SSSR count). The van der Waals surface area contributed by atoms with Crippen LogP contribution < -0.4 is 20.1 Å². The molecule has 6 nitrogen and oxygen atoms in total. The van der Waals surface area contributed by atoms with Crippen molar-refractivity contribution < 1.29 is 19.1 Å². The summed E-state index contributed by atoms with van der Waals surface area (Å²) in [6.45, 7) is 3.25. The zero-order valence-corrected chi connectivity index (χ0v) is 11.8. The monoisotopic (exact) mass is 298 g/mol. The molecule has 2 N–H and O–H groups in total. The summed E-state index contributed by atoms with van der Waals surface area (Å²) in [6.07, 6.45) is 0. The second-order valence-corrected chi connectivity index (χ2v) is 4.55. The third kappa shape index (κ3) is 3.33. The summed E-state index contributed by atoms with van der Waals surface area (Å²) >= 11 is 6.08. The van der Waals surface area contributed by atoms with Crippen LogP contribution in [0.1, 0.15) is 12.5 Å². The molecule has 0 atom stereocenters. The van der Waals surface area contributed by atoms with Crippen molar-refractivity contribution in [2.24, 2.45) is 0 Å². The summed E-state index contributed by atoms with van der Waals surface area (Å²) in [5.41, 5.74) is 0.733. The number of benzene rings is 1. The van der Waals surface area contributed by atoms with Gasteiger partial charge in [0, 0.05) is 13.1 Å². The lowest BCUT2D eigenvalue weighted by molar-refractivity contribution is -0.139. The second-order valence-electron chi connectivity index (χ2n) is 4.14. The number of amides is 2. The number of hydrogen-bond acceptors (Lipinski definition) is 4. The molecule has 2 amide bonds. The highest BCUT2D eigenvalue weighted by molar-refractivity contribution is 6.35. The molecule has 1 aliphatic heterocycles. The zero-order chi connectivity index (χ0) is 14.5. The highest BCUT2D eigenvalue weighted by Gasteiger charge is 2.17. The number of fused-ring (bicyclic) bond motifs is 1. The molecule has 0 fully saturated rings. The van der Waals surface area contributed by atoms with Gasteiger partial charge in [-0.2, -0.15) is 0 Å². The van der Waals surface area contributed by atoms with Crippen LogP contribution in [0.2, 0.25) is 5.02 Å². The van der Waals surface area contributed by atoms with Crippen LogP contribution >= 0.6 is 11.6 Å². The summed E-state index contributed by atoms with van der Waals surface area (Å²) in [5, 5.41) is 5.35. The lowest BCUT2D eigenvalue weighted by atomic mass is 10.2. The molecule has 1 aromatic rings. The van der Waals surface area contributed by atoms with Gasteiger partial charge in [-0.05, 0) is 24.6 Å². The van der Waals surface area contributed by atoms with Crippen molar-refractivity contribution in [1.82, 2.24) is 10.6 Å². The van der Waals surface area contributed by atoms with E-state index in [0.717, 1.165) is 5.56 Å². The zero-order valence-electron chi connectivity index (χ0n) is 11.0. The Hall–Kier alpha value is -1.95. The molecule has 0 spiro atoms. The molecule has 1 aliphatic rings. The molecule has 108 valence electrons. The smallest absolute Gasteiger partial charge is 0.309 e. The van der Waals surface area contributed by atoms with Crippen LogP contribution in [0.15, 0.2) is 12.1 Å². The van der Waals surface area contributed by atoms with E-state index in [-0.39, 0.29) is 6.54 Å². The van der Waals surface area contributed by atoms with Gasteiger partial charge >= 0.3 is 11.8 Å². The Morgan fingerprint density at radius 1 is 1.20 bits per heavy atom. The van der Waals surface area contributed by atoms with Crippen LogP contribution in [0.25, 0.3) is 0 Å². The normalized spacial score (nSPS) is 12.7. The van der Waals surface area contributed by atoms with Crippen molar-refractivity contribution in [3.8, 4) is 11.5 Å². The summed E-state index contributed by atoms with van der Waals surface area (Å²) in [6, 6.07) is 3.41. The maximum atomic E-state index is 11.5. The number of ether oxygens (including phenoxy) is 2. The predicted octanol–water partition coefficient (Wildman–Crippen LogP) is 0.864. The Morgan fingerprint density at radius 2 is 1.90 bits per heavy atom. The van der Waals surface area contributed by atoms with Crippen molar-refractivity contribution in [2.45, 2.75) is 13.5 Å². The van der Waals surface area contributed by atoms with Crippen molar-refractivity contribution >= 4 is 23.4 Å². The maximum absolute atomic E-state index is 11.5. The molecule has 0 bridgehead atoms. The Labute approximate surface area is 121 Å². The van der Waals surface area contributed by atoms with E-state index < -0.39 is 11.8 Å². The summed E-state index contributed by atoms with van der Waals surface area (Å²) in [4.78, 5) is 22.7. The number of halogens is 1. The lowest BCUT2D eigenvalue weighted by Gasteiger charge is -2.20. The van der Waals surface area contributed by atoms with E-state index in [0.29, 0.717) is 36.3 Å². The Balaban J connectivity index is 2.02. The van der Waals surface area contributed by atoms with Crippen LogP contribution in [0, 0.1) is 0 Å². The number of nitrogens with one attached hydrogen (secondary N) is 2. The van der Waals surface area contributed by atoms with Gasteiger partial charge in [0.1, 0.15) is 13.2 Å². The predicted molar refractivity (Wildman–Crippen MR) is 73.0 cm³/mol. The van der Waals surface area contributed by atoms with Crippen molar-refractivity contribution in [3.05, 3.63) is 22.7 Å². The minimum Gasteiger partial charge on any atom is -0.486 e. The quantitative estimate of drug-likeness (QED) is 0.812. The third-order valence-corrected chi connectivity index (χ3v) is 2.93. The van der Waals surface area contributed by atoms with Gasteiger partial charge in [0.05, 0.1) is 5.02 Å². The van der Waals surface area contributed by atoms with Gasteiger partial charge in [-0.25, -0.2) is 0 Å². The van der Waals surface area contributed by atoms with Crippen LogP contribution in [0.4, 0.5) is 0 Å². The van der Waals surface area contributed by atoms with E-state index in [4.69, 9.17) is 21.1 Å². The fourth-order valence-corrected chi connectivity index (χ4v) is 2.06. The van der Waals surface area contributed by atoms with Gasteiger partial charge in [-0.1, -0.05) is 11.6 Å². The molecule has 20 heavy (non-hydrogen) atoms. The molecule has 0 saturated heterocycles. The van der Waals surface area contributed by atoms with E-state index in [2.05, 4.69) is 10.6 Å². The fraction of sp³-hybridized carbons (Fsp3) is 0.385. The summed E-state index contributed by atoms with van der Waals surface area (Å²) in [5.74, 6) is -0.281. The molecule has 0 radical (unpaired) electrons. The first kappa shape index (κ1) is 14.5. The molecule has 0 aromatic heterocycles. The van der Waals surface area contributed by atoms with Crippen LogP contribution in [0.5, 0.6) is 11.5 Å². The van der Waals surface area contributed by atoms with Crippen LogP contribution in [0.3, 0.4) is 0 Å². The number of likely N-dealkylation sites (N-methyl/N-ethyl adjacent to an activating group) is 1. The van der Waals surface area contributed by atoms with Crippen molar-refractivity contribution in [2.75, 3.05) is 19.8 Å². The number of carbonyl (C=O) groups is 2. The molecule has 0 unspecified atom stereocenters. The van der Waals surface area contributed by atoms with Crippen molar-refractivity contribution in [3.63, 3.8) is 0 Å². The van der Waals surface area contributed by atoms with Crippen LogP contribution in [-0.2, 0) is 16.1 Å². The third-order valence-electron chi connectivity index (χ3n) is 2.65. The van der Waals surface area contributed by atoms with Gasteiger partial charge < -0.3 is 20.1 Å². The SMILES string of the molecule is CCNC(=O)C(=O)NCc1cc(Cl)c2c(c1)OCCO2. The molecular formula is C13H15ClN2O4. The van der Waals surface area contributed by atoms with Gasteiger partial charge in [0.15, 0.2) is 11.5 Å². The topological polar surface area (TPSA) is 76.7 Å². The molecular weight excluding hydrogens is 284 g/mol. The standard InChI is InChI=1S/C13H15ClN2O4/c1-2-15-12(17)13(18)16-7-8-5-9(14)11-10(6-8)19-3-4-20-11/h5-6H,2-4,7H2,1H3,(H,15,17)(H,16,18). The highest BCUT2D eigenvalue weighted by atomic mass is 35.5. The first-order valence-corrected chi connectivity index (χ1v) is 6.63. The van der Waals surface area contributed by atoms with Gasteiger partial charge in [-0.3, -0.25) is 9.59 Å². The molecule has 1 heterocycles.